The van der Waals surface area contributed by atoms with E-state index < -0.39 is 0 Å². The van der Waals surface area contributed by atoms with Gasteiger partial charge in [-0.25, -0.2) is 9.97 Å². The molecule has 0 bridgehead atoms. The van der Waals surface area contributed by atoms with Crippen molar-refractivity contribution in [1.29, 1.82) is 5.26 Å². The van der Waals surface area contributed by atoms with Gasteiger partial charge in [0.25, 0.3) is 5.88 Å². The van der Waals surface area contributed by atoms with Gasteiger partial charge in [0.15, 0.2) is 0 Å². The summed E-state index contributed by atoms with van der Waals surface area (Å²) < 4.78 is 5.45. The van der Waals surface area contributed by atoms with E-state index in [4.69, 9.17) is 10.00 Å². The predicted octanol–water partition coefficient (Wildman–Crippen LogP) is 2.36. The van der Waals surface area contributed by atoms with Gasteiger partial charge in [0, 0.05) is 12.4 Å². The summed E-state index contributed by atoms with van der Waals surface area (Å²) in [5.41, 5.74) is 1.51. The van der Waals surface area contributed by atoms with Crippen molar-refractivity contribution in [2.24, 2.45) is 0 Å². The fourth-order valence-corrected chi connectivity index (χ4v) is 1.60. The Labute approximate surface area is 106 Å². The molecule has 18 heavy (non-hydrogen) atoms. The standard InChI is InChI=1S/C14H13N3O/c15-11-13-14(17-9-8-16-13)18-10-4-7-12-5-2-1-3-6-12/h1-3,5-6,8-9H,4,7,10H2. The third-order valence-corrected chi connectivity index (χ3v) is 2.46. The monoisotopic (exact) mass is 239 g/mol. The normalized spacial score (nSPS) is 9.72. The highest BCUT2D eigenvalue weighted by Gasteiger charge is 2.04. The summed E-state index contributed by atoms with van der Waals surface area (Å²) in [5.74, 6) is 0.313. The molecule has 4 nitrogen and oxygen atoms in total. The Morgan fingerprint density at radius 3 is 2.67 bits per heavy atom. The number of ether oxygens (including phenoxy) is 1. The Morgan fingerprint density at radius 2 is 1.89 bits per heavy atom. The van der Waals surface area contributed by atoms with Gasteiger partial charge in [-0.05, 0) is 18.4 Å². The zero-order chi connectivity index (χ0) is 12.6. The zero-order valence-corrected chi connectivity index (χ0v) is 9.91. The van der Waals surface area contributed by atoms with E-state index in [1.54, 1.807) is 0 Å². The topological polar surface area (TPSA) is 58.8 Å². The molecule has 0 saturated heterocycles. The summed E-state index contributed by atoms with van der Waals surface area (Å²) in [6, 6.07) is 12.2. The highest BCUT2D eigenvalue weighted by atomic mass is 16.5. The largest absolute Gasteiger partial charge is 0.476 e. The molecular formula is C14H13N3O. The molecule has 0 fully saturated rings. The second-order valence-electron chi connectivity index (χ2n) is 3.76. The van der Waals surface area contributed by atoms with E-state index in [0.717, 1.165) is 12.8 Å². The first-order valence-electron chi connectivity index (χ1n) is 5.78. The maximum Gasteiger partial charge on any atom is 0.251 e. The van der Waals surface area contributed by atoms with Crippen LogP contribution in [0.2, 0.25) is 0 Å². The van der Waals surface area contributed by atoms with Crippen LogP contribution in [0.4, 0.5) is 0 Å². The van der Waals surface area contributed by atoms with Gasteiger partial charge in [0.2, 0.25) is 5.69 Å². The molecule has 0 N–H and O–H groups in total. The fourth-order valence-electron chi connectivity index (χ4n) is 1.60. The first-order valence-corrected chi connectivity index (χ1v) is 5.78. The lowest BCUT2D eigenvalue weighted by Gasteiger charge is -2.05. The van der Waals surface area contributed by atoms with Gasteiger partial charge in [-0.2, -0.15) is 5.26 Å². The van der Waals surface area contributed by atoms with E-state index in [-0.39, 0.29) is 5.69 Å². The van der Waals surface area contributed by atoms with Crippen molar-refractivity contribution in [3.05, 3.63) is 54.0 Å². The Balaban J connectivity index is 1.81. The van der Waals surface area contributed by atoms with Gasteiger partial charge < -0.3 is 4.74 Å². The lowest BCUT2D eigenvalue weighted by molar-refractivity contribution is 0.297. The average molecular weight is 239 g/mol. The van der Waals surface area contributed by atoms with Crippen LogP contribution in [0.25, 0.3) is 0 Å². The molecule has 0 unspecified atom stereocenters. The van der Waals surface area contributed by atoms with Gasteiger partial charge in [-0.15, -0.1) is 0 Å². The third kappa shape index (κ3) is 3.29. The summed E-state index contributed by atoms with van der Waals surface area (Å²) in [7, 11) is 0. The van der Waals surface area contributed by atoms with Crippen molar-refractivity contribution in [3.8, 4) is 11.9 Å². The zero-order valence-electron chi connectivity index (χ0n) is 9.91. The van der Waals surface area contributed by atoms with Crippen molar-refractivity contribution >= 4 is 0 Å². The molecule has 0 saturated carbocycles. The smallest absolute Gasteiger partial charge is 0.251 e. The third-order valence-electron chi connectivity index (χ3n) is 2.46. The minimum Gasteiger partial charge on any atom is -0.476 e. The van der Waals surface area contributed by atoms with Gasteiger partial charge >= 0.3 is 0 Å². The molecule has 90 valence electrons. The van der Waals surface area contributed by atoms with E-state index in [0.29, 0.717) is 12.5 Å². The Morgan fingerprint density at radius 1 is 1.11 bits per heavy atom. The quantitative estimate of drug-likeness (QED) is 0.751. The second-order valence-corrected chi connectivity index (χ2v) is 3.76. The van der Waals surface area contributed by atoms with Gasteiger partial charge in [0.1, 0.15) is 6.07 Å². The van der Waals surface area contributed by atoms with Crippen LogP contribution in [0, 0.1) is 11.3 Å². The van der Waals surface area contributed by atoms with E-state index in [1.165, 1.54) is 18.0 Å². The molecule has 0 radical (unpaired) electrons. The first kappa shape index (κ1) is 12.1. The average Bonchev–Trinajstić information content (AvgIpc) is 2.45. The van der Waals surface area contributed by atoms with Crippen molar-refractivity contribution in [1.82, 2.24) is 9.97 Å². The molecule has 2 aromatic rings. The molecule has 2 rings (SSSR count). The van der Waals surface area contributed by atoms with Crippen LogP contribution >= 0.6 is 0 Å². The number of benzene rings is 1. The molecule has 1 aromatic carbocycles. The van der Waals surface area contributed by atoms with Crippen molar-refractivity contribution in [3.63, 3.8) is 0 Å². The van der Waals surface area contributed by atoms with Crippen LogP contribution < -0.4 is 4.74 Å². The highest BCUT2D eigenvalue weighted by Crippen LogP contribution is 2.10. The van der Waals surface area contributed by atoms with Crippen molar-refractivity contribution < 1.29 is 4.74 Å². The van der Waals surface area contributed by atoms with Crippen LogP contribution in [0.15, 0.2) is 42.7 Å². The molecule has 0 aliphatic carbocycles. The summed E-state index contributed by atoms with van der Waals surface area (Å²) >= 11 is 0. The number of rotatable bonds is 5. The number of hydrogen-bond acceptors (Lipinski definition) is 4. The minimum atomic E-state index is 0.234. The summed E-state index contributed by atoms with van der Waals surface area (Å²) in [4.78, 5) is 7.87. The van der Waals surface area contributed by atoms with E-state index in [2.05, 4.69) is 22.1 Å². The van der Waals surface area contributed by atoms with Crippen LogP contribution in [0.3, 0.4) is 0 Å². The fraction of sp³-hybridized carbons (Fsp3) is 0.214. The lowest BCUT2D eigenvalue weighted by Crippen LogP contribution is -2.03. The maximum absolute atomic E-state index is 8.82. The summed E-state index contributed by atoms with van der Waals surface area (Å²) in [6.07, 6.45) is 4.83. The van der Waals surface area contributed by atoms with Gasteiger partial charge in [-0.3, -0.25) is 0 Å². The highest BCUT2D eigenvalue weighted by molar-refractivity contribution is 5.29. The van der Waals surface area contributed by atoms with Crippen LogP contribution in [-0.4, -0.2) is 16.6 Å². The van der Waals surface area contributed by atoms with Crippen LogP contribution in [0.5, 0.6) is 5.88 Å². The Bertz CT molecular complexity index is 534. The van der Waals surface area contributed by atoms with Gasteiger partial charge in [-0.1, -0.05) is 30.3 Å². The predicted molar refractivity (Wildman–Crippen MR) is 67.0 cm³/mol. The van der Waals surface area contributed by atoms with E-state index in [9.17, 15) is 0 Å². The van der Waals surface area contributed by atoms with Gasteiger partial charge in [0.05, 0.1) is 6.61 Å². The molecule has 0 atom stereocenters. The number of aromatic nitrogens is 2. The Hall–Kier alpha value is -2.41. The Kier molecular flexibility index (Phi) is 4.26. The first-order chi connectivity index (χ1) is 8.90. The molecule has 0 aliphatic rings. The number of nitriles is 1. The maximum atomic E-state index is 8.82. The molecule has 4 heteroatoms. The van der Waals surface area contributed by atoms with Crippen LogP contribution in [0.1, 0.15) is 17.7 Å². The van der Waals surface area contributed by atoms with E-state index >= 15 is 0 Å². The van der Waals surface area contributed by atoms with Crippen LogP contribution in [-0.2, 0) is 6.42 Å². The number of hydrogen-bond donors (Lipinski definition) is 0. The van der Waals surface area contributed by atoms with Crippen molar-refractivity contribution in [2.75, 3.05) is 6.61 Å². The molecule has 1 aromatic heterocycles. The molecular weight excluding hydrogens is 226 g/mol. The second kappa shape index (κ2) is 6.36. The van der Waals surface area contributed by atoms with Crippen molar-refractivity contribution in [2.45, 2.75) is 12.8 Å². The SMILES string of the molecule is N#Cc1nccnc1OCCCc1ccccc1. The number of aryl methyl sites for hydroxylation is 1. The summed E-state index contributed by atoms with van der Waals surface area (Å²) in [5, 5.41) is 8.82. The lowest BCUT2D eigenvalue weighted by atomic mass is 10.1. The molecule has 0 aliphatic heterocycles. The molecule has 0 spiro atoms. The molecule has 1 heterocycles. The molecule has 0 amide bonds. The number of nitrogens with zero attached hydrogens (tertiary/aromatic N) is 3. The minimum absolute atomic E-state index is 0.234. The van der Waals surface area contributed by atoms with E-state index in [1.807, 2.05) is 24.3 Å². The summed E-state index contributed by atoms with van der Waals surface area (Å²) in [6.45, 7) is 0.530.